The predicted molar refractivity (Wildman–Crippen MR) is 284 cm³/mol. The van der Waals surface area contributed by atoms with Gasteiger partial charge in [0.1, 0.15) is 6.07 Å². The Kier molecular flexibility index (Phi) is 14.6. The van der Waals surface area contributed by atoms with E-state index in [1.165, 1.54) is 106 Å². The van der Waals surface area contributed by atoms with E-state index in [2.05, 4.69) is 189 Å². The number of carbonyl (C=O) groups is 1. The molecule has 0 bridgehead atoms. The zero-order valence-electron chi connectivity index (χ0n) is 39.2. The molecule has 1 aliphatic carbocycles. The number of hydrogen-bond acceptors (Lipinski definition) is 5. The average Bonchev–Trinajstić information content (AvgIpc) is 3.95. The molecule has 0 aliphatic heterocycles. The van der Waals surface area contributed by atoms with Crippen LogP contribution in [0.2, 0.25) is 0 Å². The summed E-state index contributed by atoms with van der Waals surface area (Å²) in [6.45, 7) is 4.83. The van der Waals surface area contributed by atoms with Crippen LogP contribution in [-0.2, 0) is 27.8 Å². The summed E-state index contributed by atoms with van der Waals surface area (Å²) >= 11 is 1.89. The highest BCUT2D eigenvalue weighted by Crippen LogP contribution is 2.60. The van der Waals surface area contributed by atoms with E-state index in [1.807, 2.05) is 29.5 Å². The van der Waals surface area contributed by atoms with Crippen LogP contribution in [0.5, 0.6) is 0 Å². The van der Waals surface area contributed by atoms with Crippen LogP contribution in [0.3, 0.4) is 0 Å². The molecule has 0 spiro atoms. The lowest BCUT2D eigenvalue weighted by Crippen LogP contribution is -2.28. The number of unbranched alkanes of at least 4 members (excludes halogenated alkanes) is 6. The van der Waals surface area contributed by atoms with Gasteiger partial charge in [0.05, 0.1) is 5.41 Å². The highest BCUT2D eigenvalue weighted by atomic mass is 32.1. The fraction of sp³-hybridized carbons (Fsp3) is 0.206. The van der Waals surface area contributed by atoms with E-state index in [9.17, 15) is 10.1 Å². The second kappa shape index (κ2) is 21.6. The van der Waals surface area contributed by atoms with Crippen molar-refractivity contribution < 1.29 is 9.53 Å². The molecule has 0 N–H and O–H groups in total. The summed E-state index contributed by atoms with van der Waals surface area (Å²) in [5.74, 6) is -0.0446. The van der Waals surface area contributed by atoms with E-state index in [-0.39, 0.29) is 12.2 Å². The van der Waals surface area contributed by atoms with Gasteiger partial charge in [-0.15, -0.1) is 11.3 Å². The molecule has 0 fully saturated rings. The van der Waals surface area contributed by atoms with E-state index in [1.54, 1.807) is 6.08 Å². The van der Waals surface area contributed by atoms with Crippen LogP contribution in [0, 0.1) is 11.3 Å². The van der Waals surface area contributed by atoms with Gasteiger partial charge in [0.15, 0.2) is 0 Å². The van der Waals surface area contributed by atoms with Gasteiger partial charge in [0, 0.05) is 26.8 Å². The standard InChI is InChI=1S/C63H58N2O2S/c1-3-5-7-11-17-46-25-34-52(35-26-46)63(53-36-27-47(28-37-53)18-12-8-6-4-2)59-42-51(49-29-23-48(24-30-49)41-57(44-64)67-45-66)33-40-58(59)62-60(63)43-61(68-62)50-31-38-56(39-32-50)65(54-19-13-9-14-20-54)55-21-15-10-16-22-55/h9-10,13-16,19-43,45H,3-8,11-12,17-18H2,1-2H3/b57-41-. The molecule has 9 rings (SSSR count). The molecule has 5 heteroatoms. The van der Waals surface area contributed by atoms with Crippen molar-refractivity contribution in [2.24, 2.45) is 0 Å². The van der Waals surface area contributed by atoms with Gasteiger partial charge in [0.25, 0.3) is 6.47 Å². The summed E-state index contributed by atoms with van der Waals surface area (Å²) in [7, 11) is 0. The molecule has 1 aliphatic rings. The topological polar surface area (TPSA) is 53.3 Å². The minimum Gasteiger partial charge on any atom is -0.417 e. The third-order valence-corrected chi connectivity index (χ3v) is 14.7. The number of nitrogens with zero attached hydrogens (tertiary/aromatic N) is 2. The van der Waals surface area contributed by atoms with E-state index in [4.69, 9.17) is 4.74 Å². The Morgan fingerprint density at radius 3 is 1.63 bits per heavy atom. The SMILES string of the molecule is CCCCCCc1ccc(C2(c3ccc(CCCCCC)cc3)c3cc(-c4ccc(/C=C(/C#N)OC=O)cc4)ccc3-c3sc(-c4ccc(N(c5ccccc5)c5ccccc5)cc4)cc32)cc1. The molecule has 0 unspecified atom stereocenters. The number of benzene rings is 7. The highest BCUT2D eigenvalue weighted by molar-refractivity contribution is 7.19. The van der Waals surface area contributed by atoms with Crippen molar-refractivity contribution in [2.45, 2.75) is 83.5 Å². The molecule has 68 heavy (non-hydrogen) atoms. The maximum absolute atomic E-state index is 11.0. The van der Waals surface area contributed by atoms with Crippen molar-refractivity contribution in [3.05, 3.63) is 227 Å². The van der Waals surface area contributed by atoms with Crippen LogP contribution in [0.25, 0.3) is 38.1 Å². The molecule has 0 saturated carbocycles. The first-order chi connectivity index (χ1) is 33.5. The Balaban J connectivity index is 1.18. The second-order valence-corrected chi connectivity index (χ2v) is 18.9. The Labute approximate surface area is 406 Å². The molecule has 338 valence electrons. The van der Waals surface area contributed by atoms with Gasteiger partial charge < -0.3 is 9.64 Å². The largest absolute Gasteiger partial charge is 0.417 e. The number of anilines is 3. The van der Waals surface area contributed by atoms with Gasteiger partial charge in [-0.2, -0.15) is 5.26 Å². The maximum atomic E-state index is 11.0. The summed E-state index contributed by atoms with van der Waals surface area (Å²) in [4.78, 5) is 15.8. The zero-order chi connectivity index (χ0) is 46.7. The number of ether oxygens (including phenoxy) is 1. The summed E-state index contributed by atoms with van der Waals surface area (Å²) in [6.07, 6.45) is 13.7. The zero-order valence-corrected chi connectivity index (χ0v) is 40.0. The molecular weight excluding hydrogens is 849 g/mol. The number of rotatable bonds is 20. The lowest BCUT2D eigenvalue weighted by molar-refractivity contribution is -0.124. The summed E-state index contributed by atoms with van der Waals surface area (Å²) in [5, 5.41) is 9.47. The maximum Gasteiger partial charge on any atom is 0.299 e. The summed E-state index contributed by atoms with van der Waals surface area (Å²) < 4.78 is 4.87. The van der Waals surface area contributed by atoms with Crippen LogP contribution in [0.1, 0.15) is 104 Å². The summed E-state index contributed by atoms with van der Waals surface area (Å²) in [6, 6.07) is 68.9. The third kappa shape index (κ3) is 9.61. The number of nitriles is 1. The first-order valence-corrected chi connectivity index (χ1v) is 25.2. The van der Waals surface area contributed by atoms with Gasteiger partial charge in [-0.3, -0.25) is 4.79 Å². The third-order valence-electron chi connectivity index (χ3n) is 13.5. The van der Waals surface area contributed by atoms with Crippen molar-refractivity contribution in [3.8, 4) is 38.1 Å². The first-order valence-electron chi connectivity index (χ1n) is 24.3. The average molecular weight is 907 g/mol. The molecule has 0 amide bonds. The Morgan fingerprint density at radius 2 is 1.10 bits per heavy atom. The molecule has 7 aromatic carbocycles. The minimum atomic E-state index is -0.579. The number of carbonyl (C=O) groups excluding carboxylic acids is 1. The molecule has 0 radical (unpaired) electrons. The van der Waals surface area contributed by atoms with Crippen molar-refractivity contribution >= 4 is 40.9 Å². The number of hydrogen-bond donors (Lipinski definition) is 0. The van der Waals surface area contributed by atoms with Gasteiger partial charge >= 0.3 is 0 Å². The highest BCUT2D eigenvalue weighted by Gasteiger charge is 2.48. The van der Waals surface area contributed by atoms with E-state index < -0.39 is 5.41 Å². The molecular formula is C63H58N2O2S. The van der Waals surface area contributed by atoms with Crippen molar-refractivity contribution in [2.75, 3.05) is 4.90 Å². The monoisotopic (exact) mass is 906 g/mol. The number of para-hydroxylation sites is 2. The van der Waals surface area contributed by atoms with Crippen molar-refractivity contribution in [3.63, 3.8) is 0 Å². The number of fused-ring (bicyclic) bond motifs is 3. The normalized spacial score (nSPS) is 12.5. The van der Waals surface area contributed by atoms with Crippen LogP contribution in [0.15, 0.2) is 188 Å². The van der Waals surface area contributed by atoms with Gasteiger partial charge in [0.2, 0.25) is 5.76 Å². The predicted octanol–water partition coefficient (Wildman–Crippen LogP) is 17.2. The Morgan fingerprint density at radius 1 is 0.574 bits per heavy atom. The molecule has 4 nitrogen and oxygen atoms in total. The molecule has 1 aromatic heterocycles. The minimum absolute atomic E-state index is 0.0446. The number of thiophene rings is 1. The quantitative estimate of drug-likeness (QED) is 0.0331. The molecule has 0 saturated heterocycles. The summed E-state index contributed by atoms with van der Waals surface area (Å²) in [5.41, 5.74) is 16.1. The van der Waals surface area contributed by atoms with Gasteiger partial charge in [-0.05, 0) is 141 Å². The lowest BCUT2D eigenvalue weighted by Gasteiger charge is -2.34. The Bertz CT molecular complexity index is 2900. The lowest BCUT2D eigenvalue weighted by atomic mass is 9.67. The first kappa shape index (κ1) is 45.9. The Hall–Kier alpha value is -7.26. The fourth-order valence-electron chi connectivity index (χ4n) is 9.98. The van der Waals surface area contributed by atoms with Crippen LogP contribution < -0.4 is 4.90 Å². The van der Waals surface area contributed by atoms with Crippen LogP contribution >= 0.6 is 11.3 Å². The fourth-order valence-corrected chi connectivity index (χ4v) is 11.2. The molecule has 0 atom stereocenters. The van der Waals surface area contributed by atoms with Crippen molar-refractivity contribution in [1.29, 1.82) is 5.26 Å². The second-order valence-electron chi connectivity index (χ2n) is 17.9. The number of allylic oxidation sites excluding steroid dienone is 1. The smallest absolute Gasteiger partial charge is 0.299 e. The number of aryl methyl sites for hydroxylation is 2. The van der Waals surface area contributed by atoms with Gasteiger partial charge in [-0.1, -0.05) is 186 Å². The molecule has 8 aromatic rings. The molecule has 1 heterocycles. The van der Waals surface area contributed by atoms with Crippen LogP contribution in [-0.4, -0.2) is 6.47 Å². The van der Waals surface area contributed by atoms with Crippen molar-refractivity contribution in [1.82, 2.24) is 0 Å². The van der Waals surface area contributed by atoms with E-state index >= 15 is 0 Å². The van der Waals surface area contributed by atoms with E-state index in [0.29, 0.717) is 0 Å². The van der Waals surface area contributed by atoms with Gasteiger partial charge in [-0.25, -0.2) is 0 Å². The van der Waals surface area contributed by atoms with Crippen LogP contribution in [0.4, 0.5) is 17.1 Å². The van der Waals surface area contributed by atoms with E-state index in [0.717, 1.165) is 46.6 Å².